The van der Waals surface area contributed by atoms with Crippen LogP contribution in [-0.4, -0.2) is 12.8 Å². The Morgan fingerprint density at radius 3 is 2.81 bits per heavy atom. The first-order valence-corrected chi connectivity index (χ1v) is 6.87. The molecule has 0 fully saturated rings. The molecule has 1 heterocycles. The van der Waals surface area contributed by atoms with E-state index in [9.17, 15) is 0 Å². The Kier molecular flexibility index (Phi) is 3.31. The van der Waals surface area contributed by atoms with Crippen molar-refractivity contribution >= 4 is 17.5 Å². The number of methoxy groups -OCH3 is 1. The maximum absolute atomic E-state index is 6.48. The van der Waals surface area contributed by atoms with Crippen molar-refractivity contribution in [3.05, 3.63) is 59.7 Å². The molecule has 0 aliphatic carbocycles. The summed E-state index contributed by atoms with van der Waals surface area (Å²) in [4.78, 5) is 0. The third-order valence-corrected chi connectivity index (χ3v) is 3.68. The van der Waals surface area contributed by atoms with Gasteiger partial charge in [0.05, 0.1) is 7.11 Å². The maximum Gasteiger partial charge on any atom is 0.122 e. The van der Waals surface area contributed by atoms with Gasteiger partial charge in [0, 0.05) is 17.8 Å². The molecule has 0 spiro atoms. The van der Waals surface area contributed by atoms with Gasteiger partial charge in [0.1, 0.15) is 11.4 Å². The van der Waals surface area contributed by atoms with E-state index in [2.05, 4.69) is 5.32 Å². The number of hydrogen-bond acceptors (Lipinski definition) is 4. The first kappa shape index (κ1) is 13.5. The Morgan fingerprint density at radius 1 is 1.19 bits per heavy atom. The fourth-order valence-electron chi connectivity index (χ4n) is 2.63. The number of anilines is 2. The van der Waals surface area contributed by atoms with Crippen LogP contribution in [0.4, 0.5) is 11.4 Å². The van der Waals surface area contributed by atoms with Crippen molar-refractivity contribution in [3.8, 4) is 5.75 Å². The lowest BCUT2D eigenvalue weighted by atomic mass is 9.94. The topological polar surface area (TPSA) is 73.3 Å². The summed E-state index contributed by atoms with van der Waals surface area (Å²) in [7, 11) is 1.67. The van der Waals surface area contributed by atoms with E-state index < -0.39 is 5.66 Å². The second-order valence-electron chi connectivity index (χ2n) is 5.33. The van der Waals surface area contributed by atoms with Crippen LogP contribution in [0.1, 0.15) is 11.1 Å². The molecule has 108 valence electrons. The van der Waals surface area contributed by atoms with Crippen LogP contribution in [0.3, 0.4) is 0 Å². The second kappa shape index (κ2) is 5.14. The molecular weight excluding hydrogens is 262 g/mol. The van der Waals surface area contributed by atoms with Crippen molar-refractivity contribution in [1.82, 2.24) is 0 Å². The average molecular weight is 281 g/mol. The summed E-state index contributed by atoms with van der Waals surface area (Å²) in [5.41, 5.74) is 15.5. The Hall–Kier alpha value is -2.46. The summed E-state index contributed by atoms with van der Waals surface area (Å²) >= 11 is 0. The number of rotatable bonds is 3. The van der Waals surface area contributed by atoms with Gasteiger partial charge in [-0.1, -0.05) is 24.3 Å². The summed E-state index contributed by atoms with van der Waals surface area (Å²) in [5.74, 6) is 0.848. The molecular formula is C17H19N3O. The van der Waals surface area contributed by atoms with Gasteiger partial charge >= 0.3 is 0 Å². The molecule has 1 unspecified atom stereocenters. The summed E-state index contributed by atoms with van der Waals surface area (Å²) in [6.45, 7) is 0. The maximum atomic E-state index is 6.48. The summed E-state index contributed by atoms with van der Waals surface area (Å²) in [6, 6.07) is 13.7. The van der Waals surface area contributed by atoms with Crippen LogP contribution >= 0.6 is 0 Å². The Labute approximate surface area is 124 Å². The van der Waals surface area contributed by atoms with E-state index in [1.165, 1.54) is 0 Å². The number of nitrogens with one attached hydrogen (secondary N) is 1. The van der Waals surface area contributed by atoms with Crippen LogP contribution in [0.15, 0.2) is 48.5 Å². The molecule has 0 aromatic heterocycles. The van der Waals surface area contributed by atoms with E-state index in [4.69, 9.17) is 16.2 Å². The first-order chi connectivity index (χ1) is 10.1. The summed E-state index contributed by atoms with van der Waals surface area (Å²) in [6.07, 6.45) is 4.62. The van der Waals surface area contributed by atoms with Crippen LogP contribution in [0, 0.1) is 0 Å². The van der Waals surface area contributed by atoms with Crippen LogP contribution in [-0.2, 0) is 6.42 Å². The van der Waals surface area contributed by atoms with Gasteiger partial charge in [-0.3, -0.25) is 0 Å². The zero-order valence-electron chi connectivity index (χ0n) is 12.0. The first-order valence-electron chi connectivity index (χ1n) is 6.87. The Morgan fingerprint density at radius 2 is 2.00 bits per heavy atom. The number of benzene rings is 2. The minimum Gasteiger partial charge on any atom is -0.496 e. The molecule has 3 rings (SSSR count). The van der Waals surface area contributed by atoms with E-state index in [-0.39, 0.29) is 0 Å². The standard InChI is InChI=1S/C17H19N3O/c1-21-16-5-3-2-4-13(16)11-17(19)9-8-12-10-14(18)6-7-15(12)20-17/h2-10,20H,11,18-19H2,1H3. The molecule has 21 heavy (non-hydrogen) atoms. The molecule has 1 aliphatic heterocycles. The second-order valence-corrected chi connectivity index (χ2v) is 5.33. The summed E-state index contributed by atoms with van der Waals surface area (Å²) < 4.78 is 5.39. The van der Waals surface area contributed by atoms with Gasteiger partial charge in [-0.2, -0.15) is 0 Å². The molecule has 1 atom stereocenters. The predicted molar refractivity (Wildman–Crippen MR) is 87.1 cm³/mol. The number of nitrogens with two attached hydrogens (primary N) is 2. The highest BCUT2D eigenvalue weighted by atomic mass is 16.5. The molecule has 0 radical (unpaired) electrons. The van der Waals surface area contributed by atoms with Crippen molar-refractivity contribution < 1.29 is 4.74 Å². The van der Waals surface area contributed by atoms with Gasteiger partial charge in [0.15, 0.2) is 0 Å². The van der Waals surface area contributed by atoms with Gasteiger partial charge < -0.3 is 21.5 Å². The lowest BCUT2D eigenvalue weighted by Crippen LogP contribution is -2.49. The van der Waals surface area contributed by atoms with Crippen molar-refractivity contribution in [2.45, 2.75) is 12.1 Å². The van der Waals surface area contributed by atoms with Crippen molar-refractivity contribution in [3.63, 3.8) is 0 Å². The zero-order chi connectivity index (χ0) is 14.9. The fraction of sp³-hybridized carbons (Fsp3) is 0.176. The van der Waals surface area contributed by atoms with Crippen LogP contribution in [0.2, 0.25) is 0 Å². The van der Waals surface area contributed by atoms with Crippen molar-refractivity contribution in [2.24, 2.45) is 5.73 Å². The molecule has 0 amide bonds. The number of ether oxygens (including phenoxy) is 1. The fourth-order valence-corrected chi connectivity index (χ4v) is 2.63. The molecule has 0 saturated carbocycles. The molecule has 2 aromatic rings. The Balaban J connectivity index is 1.89. The minimum absolute atomic E-state index is 0.636. The highest BCUT2D eigenvalue weighted by Crippen LogP contribution is 2.31. The van der Waals surface area contributed by atoms with E-state index in [1.807, 2.05) is 54.6 Å². The van der Waals surface area contributed by atoms with E-state index in [1.54, 1.807) is 7.11 Å². The largest absolute Gasteiger partial charge is 0.496 e. The highest BCUT2D eigenvalue weighted by molar-refractivity contribution is 5.75. The average Bonchev–Trinajstić information content (AvgIpc) is 2.48. The monoisotopic (exact) mass is 281 g/mol. The van der Waals surface area contributed by atoms with Gasteiger partial charge in [-0.25, -0.2) is 0 Å². The number of nitrogen functional groups attached to an aromatic ring is 1. The predicted octanol–water partition coefficient (Wildman–Crippen LogP) is 2.61. The zero-order valence-corrected chi connectivity index (χ0v) is 12.0. The molecule has 4 nitrogen and oxygen atoms in total. The lowest BCUT2D eigenvalue weighted by Gasteiger charge is -2.33. The van der Waals surface area contributed by atoms with E-state index in [0.29, 0.717) is 6.42 Å². The molecule has 2 aromatic carbocycles. The van der Waals surface area contributed by atoms with Crippen LogP contribution in [0.25, 0.3) is 6.08 Å². The number of fused-ring (bicyclic) bond motifs is 1. The van der Waals surface area contributed by atoms with E-state index in [0.717, 1.165) is 28.3 Å². The van der Waals surface area contributed by atoms with Crippen molar-refractivity contribution in [1.29, 1.82) is 0 Å². The van der Waals surface area contributed by atoms with Crippen LogP contribution in [0.5, 0.6) is 5.75 Å². The molecule has 0 saturated heterocycles. The number of hydrogen-bond donors (Lipinski definition) is 3. The molecule has 0 bridgehead atoms. The highest BCUT2D eigenvalue weighted by Gasteiger charge is 2.27. The quantitative estimate of drug-likeness (QED) is 0.756. The molecule has 5 N–H and O–H groups in total. The molecule has 1 aliphatic rings. The third-order valence-electron chi connectivity index (χ3n) is 3.68. The SMILES string of the molecule is COc1ccccc1CC1(N)C=Cc2cc(N)ccc2N1. The molecule has 4 heteroatoms. The number of para-hydroxylation sites is 1. The van der Waals surface area contributed by atoms with Crippen LogP contribution < -0.4 is 21.5 Å². The smallest absolute Gasteiger partial charge is 0.122 e. The minimum atomic E-state index is -0.641. The van der Waals surface area contributed by atoms with Gasteiger partial charge in [0.2, 0.25) is 0 Å². The lowest BCUT2D eigenvalue weighted by molar-refractivity contribution is 0.406. The van der Waals surface area contributed by atoms with Gasteiger partial charge in [0.25, 0.3) is 0 Å². The third kappa shape index (κ3) is 2.71. The van der Waals surface area contributed by atoms with E-state index >= 15 is 0 Å². The summed E-state index contributed by atoms with van der Waals surface area (Å²) in [5, 5.41) is 3.38. The van der Waals surface area contributed by atoms with Gasteiger partial charge in [-0.15, -0.1) is 0 Å². The Bertz CT molecular complexity index is 696. The van der Waals surface area contributed by atoms with Gasteiger partial charge in [-0.05, 0) is 41.5 Å². The van der Waals surface area contributed by atoms with Crippen molar-refractivity contribution in [2.75, 3.05) is 18.2 Å². The normalized spacial score (nSPS) is 19.7.